The first-order chi connectivity index (χ1) is 11.9. The van der Waals surface area contributed by atoms with Gasteiger partial charge >= 0.3 is 126 Å². The first-order valence-corrected chi connectivity index (χ1v) is 11.9. The first-order valence-electron chi connectivity index (χ1n) is 9.24. The zero-order chi connectivity index (χ0) is 16.2. The average Bonchev–Trinajstić information content (AvgIpc) is 3.39. The summed E-state index contributed by atoms with van der Waals surface area (Å²) in [6.07, 6.45) is 15.6. The van der Waals surface area contributed by atoms with Crippen molar-refractivity contribution in [1.29, 1.82) is 0 Å². The van der Waals surface area contributed by atoms with Gasteiger partial charge in [-0.1, -0.05) is 32.1 Å². The van der Waals surface area contributed by atoms with Gasteiger partial charge in [-0.3, -0.25) is 0 Å². The Labute approximate surface area is 181 Å². The molecule has 0 aliphatic heterocycles. The van der Waals surface area contributed by atoms with Crippen LogP contribution in [0.4, 0.5) is 0 Å². The van der Waals surface area contributed by atoms with Gasteiger partial charge in [0.15, 0.2) is 0 Å². The van der Waals surface area contributed by atoms with Gasteiger partial charge in [-0.15, -0.1) is 0 Å². The molecular formula is C23H24Cl2Zr. The van der Waals surface area contributed by atoms with Crippen LogP contribution in [-0.4, -0.2) is 0 Å². The van der Waals surface area contributed by atoms with Gasteiger partial charge in [0.2, 0.25) is 0 Å². The maximum atomic E-state index is 2.36. The van der Waals surface area contributed by atoms with E-state index in [4.69, 9.17) is 0 Å². The second kappa shape index (κ2) is 10.6. The van der Waals surface area contributed by atoms with Gasteiger partial charge in [-0.25, -0.2) is 0 Å². The number of hydrogen-bond donors (Lipinski definition) is 0. The monoisotopic (exact) mass is 460 g/mol. The summed E-state index contributed by atoms with van der Waals surface area (Å²) < 4.78 is 2.43. The molecular weight excluding hydrogens is 438 g/mol. The molecule has 0 aromatic heterocycles. The molecule has 0 radical (unpaired) electrons. The van der Waals surface area contributed by atoms with Crippen LogP contribution in [0.3, 0.4) is 0 Å². The molecule has 134 valence electrons. The maximum Gasteiger partial charge on any atom is -0.0533 e. The van der Waals surface area contributed by atoms with E-state index in [1.807, 2.05) is 0 Å². The largest absolute Gasteiger partial charge is 1.00 e. The van der Waals surface area contributed by atoms with Crippen LogP contribution in [0.5, 0.6) is 0 Å². The van der Waals surface area contributed by atoms with Crippen LogP contribution in [0.15, 0.2) is 70.0 Å². The number of halogens is 2. The summed E-state index contributed by atoms with van der Waals surface area (Å²) in [7, 11) is 0. The van der Waals surface area contributed by atoms with Crippen molar-refractivity contribution in [2.24, 2.45) is 0 Å². The second-order valence-corrected chi connectivity index (χ2v) is 10.6. The van der Waals surface area contributed by atoms with Crippen LogP contribution in [0, 0.1) is 0 Å². The van der Waals surface area contributed by atoms with Gasteiger partial charge in [0.25, 0.3) is 0 Å². The van der Waals surface area contributed by atoms with Crippen molar-refractivity contribution < 1.29 is 48.0 Å². The van der Waals surface area contributed by atoms with Crippen molar-refractivity contribution >= 4 is 0 Å². The number of fused-ring (bicyclic) bond motifs is 3. The predicted molar refractivity (Wildman–Crippen MR) is 98.6 cm³/mol. The van der Waals surface area contributed by atoms with E-state index in [0.717, 1.165) is 0 Å². The fourth-order valence-electron chi connectivity index (χ4n) is 3.93. The SMILES string of the molecule is C1=CC[C]([Zr+2][CH]2c3ccccc3-c3ccccc32)=C1.C1CCCC1.[Cl-].[Cl-]. The molecule has 0 saturated heterocycles. The number of benzene rings is 2. The van der Waals surface area contributed by atoms with Crippen molar-refractivity contribution in [2.45, 2.75) is 42.2 Å². The molecule has 0 atom stereocenters. The average molecular weight is 463 g/mol. The van der Waals surface area contributed by atoms with Crippen LogP contribution in [0.2, 0.25) is 0 Å². The minimum absolute atomic E-state index is 0. The molecule has 2 aromatic carbocycles. The molecule has 1 fully saturated rings. The van der Waals surface area contributed by atoms with Crippen LogP contribution in [0.1, 0.15) is 53.3 Å². The van der Waals surface area contributed by atoms with E-state index in [-0.39, 0.29) is 24.8 Å². The Bertz CT molecular complexity index is 722. The number of allylic oxidation sites excluding steroid dienone is 4. The van der Waals surface area contributed by atoms with Crippen LogP contribution >= 0.6 is 0 Å². The quantitative estimate of drug-likeness (QED) is 0.615. The Morgan fingerprint density at radius 3 is 1.65 bits per heavy atom. The minimum Gasteiger partial charge on any atom is -1.00 e. The van der Waals surface area contributed by atoms with E-state index >= 15 is 0 Å². The minimum atomic E-state index is -0.570. The molecule has 0 unspecified atom stereocenters. The zero-order valence-electron chi connectivity index (χ0n) is 14.9. The van der Waals surface area contributed by atoms with Gasteiger partial charge in [-0.2, -0.15) is 0 Å². The van der Waals surface area contributed by atoms with Crippen molar-refractivity contribution in [3.63, 3.8) is 0 Å². The van der Waals surface area contributed by atoms with E-state index in [1.165, 1.54) is 49.7 Å². The third kappa shape index (κ3) is 4.80. The summed E-state index contributed by atoms with van der Waals surface area (Å²) >= 11 is -0.570. The normalized spacial score (nSPS) is 16.2. The topological polar surface area (TPSA) is 0 Å². The fourth-order valence-corrected chi connectivity index (χ4v) is 7.90. The smallest absolute Gasteiger partial charge is 0.0533 e. The van der Waals surface area contributed by atoms with E-state index in [0.29, 0.717) is 3.63 Å². The predicted octanol–water partition coefficient (Wildman–Crippen LogP) is 0.641. The van der Waals surface area contributed by atoms with Crippen LogP contribution in [-0.2, 0) is 23.2 Å². The summed E-state index contributed by atoms with van der Waals surface area (Å²) in [5.74, 6) is 0. The molecule has 0 spiro atoms. The maximum absolute atomic E-state index is 2.36. The molecule has 26 heavy (non-hydrogen) atoms. The molecule has 0 heterocycles. The molecule has 0 amide bonds. The molecule has 2 aromatic rings. The molecule has 0 N–H and O–H groups in total. The molecule has 5 rings (SSSR count). The van der Waals surface area contributed by atoms with Crippen molar-refractivity contribution in [2.75, 3.05) is 0 Å². The van der Waals surface area contributed by atoms with E-state index in [1.54, 1.807) is 14.4 Å². The molecule has 3 aliphatic carbocycles. The number of rotatable bonds is 2. The Morgan fingerprint density at radius 2 is 1.19 bits per heavy atom. The molecule has 1 saturated carbocycles. The second-order valence-electron chi connectivity index (χ2n) is 6.84. The zero-order valence-corrected chi connectivity index (χ0v) is 18.9. The van der Waals surface area contributed by atoms with Crippen molar-refractivity contribution in [3.8, 4) is 11.1 Å². The Morgan fingerprint density at radius 1 is 0.692 bits per heavy atom. The van der Waals surface area contributed by atoms with Crippen LogP contribution < -0.4 is 24.8 Å². The Kier molecular flexibility index (Phi) is 8.88. The first kappa shape index (κ1) is 21.7. The van der Waals surface area contributed by atoms with Gasteiger partial charge < -0.3 is 24.8 Å². The van der Waals surface area contributed by atoms with Crippen molar-refractivity contribution in [1.82, 2.24) is 0 Å². The third-order valence-electron chi connectivity index (χ3n) is 5.18. The number of hydrogen-bond acceptors (Lipinski definition) is 0. The van der Waals surface area contributed by atoms with E-state index in [2.05, 4.69) is 66.8 Å². The van der Waals surface area contributed by atoms with Gasteiger partial charge in [0.05, 0.1) is 0 Å². The molecule has 3 aliphatic rings. The van der Waals surface area contributed by atoms with Gasteiger partial charge in [-0.05, 0) is 0 Å². The van der Waals surface area contributed by atoms with E-state index in [9.17, 15) is 0 Å². The Hall–Kier alpha value is -0.617. The van der Waals surface area contributed by atoms with Crippen molar-refractivity contribution in [3.05, 3.63) is 81.2 Å². The third-order valence-corrected chi connectivity index (χ3v) is 9.25. The molecule has 0 nitrogen and oxygen atoms in total. The van der Waals surface area contributed by atoms with Gasteiger partial charge in [0.1, 0.15) is 0 Å². The van der Waals surface area contributed by atoms with E-state index < -0.39 is 23.2 Å². The summed E-state index contributed by atoms with van der Waals surface area (Å²) in [6.45, 7) is 0. The fraction of sp³-hybridized carbons (Fsp3) is 0.304. The standard InChI is InChI=1S/C13H9.C5H10.C5H5.2ClH.Zr/c1-3-7-12-10(5-1)9-11-6-2-4-8-13(11)12;2*1-2-4-5-3-1;;;/h1-9H;1-5H2;1-3H,4H2;2*1H;/q;;;;;+2/p-2. The summed E-state index contributed by atoms with van der Waals surface area (Å²) in [4.78, 5) is 0. The van der Waals surface area contributed by atoms with Crippen LogP contribution in [0.25, 0.3) is 11.1 Å². The Balaban J connectivity index is 0.000000304. The van der Waals surface area contributed by atoms with Gasteiger partial charge in [0, 0.05) is 0 Å². The molecule has 3 heteroatoms. The summed E-state index contributed by atoms with van der Waals surface area (Å²) in [5, 5.41) is 0. The summed E-state index contributed by atoms with van der Waals surface area (Å²) in [5.41, 5.74) is 6.08. The summed E-state index contributed by atoms with van der Waals surface area (Å²) in [6, 6.07) is 18.0. The molecule has 0 bridgehead atoms.